The molecule has 2 aromatic rings. The molecule has 7 nitrogen and oxygen atoms in total. The van der Waals surface area contributed by atoms with Crippen molar-refractivity contribution in [1.29, 1.82) is 0 Å². The largest absolute Gasteiger partial charge is 0.444 e. The molecule has 170 valence electrons. The van der Waals surface area contributed by atoms with Gasteiger partial charge in [0.1, 0.15) is 11.3 Å². The highest BCUT2D eigenvalue weighted by Gasteiger charge is 2.30. The number of nitrogens with zero attached hydrogens (tertiary/aromatic N) is 3. The molecule has 7 heteroatoms. The summed E-state index contributed by atoms with van der Waals surface area (Å²) in [6.45, 7) is 11.2. The Balaban J connectivity index is 1.73. The topological polar surface area (TPSA) is 71.4 Å². The standard InChI is InChI=1S/C25H31N3O4/c1-17-16-31-12-11-28(17)23-14-19(18-5-7-21(26-30)8-6-18)13-20-15-27(10-9-22(20)23)24(29)32-25(2,3)4/h5-8,13-14,17H,9-12,15-16H2,1-4H3/t17-/m0/s1. The molecular weight excluding hydrogens is 406 g/mol. The van der Waals surface area contributed by atoms with E-state index in [2.05, 4.69) is 29.1 Å². The van der Waals surface area contributed by atoms with E-state index in [-0.39, 0.29) is 12.1 Å². The summed E-state index contributed by atoms with van der Waals surface area (Å²) < 4.78 is 11.3. The molecule has 1 atom stereocenters. The number of amides is 1. The van der Waals surface area contributed by atoms with Crippen molar-refractivity contribution in [1.82, 2.24) is 4.90 Å². The van der Waals surface area contributed by atoms with E-state index in [0.717, 1.165) is 29.7 Å². The van der Waals surface area contributed by atoms with E-state index in [0.29, 0.717) is 32.0 Å². The van der Waals surface area contributed by atoms with Crippen LogP contribution in [0.25, 0.3) is 11.1 Å². The van der Waals surface area contributed by atoms with Crippen LogP contribution in [0.5, 0.6) is 0 Å². The average Bonchev–Trinajstić information content (AvgIpc) is 2.77. The van der Waals surface area contributed by atoms with Gasteiger partial charge in [0.25, 0.3) is 0 Å². The lowest BCUT2D eigenvalue weighted by Gasteiger charge is -2.39. The zero-order valence-corrected chi connectivity index (χ0v) is 19.3. The van der Waals surface area contributed by atoms with Gasteiger partial charge in [0.2, 0.25) is 0 Å². The number of ether oxygens (including phenoxy) is 2. The van der Waals surface area contributed by atoms with E-state index >= 15 is 0 Å². The number of hydrogen-bond donors (Lipinski definition) is 0. The molecule has 1 fully saturated rings. The summed E-state index contributed by atoms with van der Waals surface area (Å²) >= 11 is 0. The molecule has 0 aliphatic carbocycles. The number of morpholine rings is 1. The monoisotopic (exact) mass is 437 g/mol. The predicted octanol–water partition coefficient (Wildman–Crippen LogP) is 5.27. The predicted molar refractivity (Wildman–Crippen MR) is 125 cm³/mol. The summed E-state index contributed by atoms with van der Waals surface area (Å²) in [5, 5.41) is 3.00. The number of nitroso groups, excluding NO2 is 1. The van der Waals surface area contributed by atoms with Crippen molar-refractivity contribution < 1.29 is 14.3 Å². The molecule has 2 heterocycles. The number of fused-ring (bicyclic) bond motifs is 1. The van der Waals surface area contributed by atoms with Gasteiger partial charge in [0, 0.05) is 31.4 Å². The summed E-state index contributed by atoms with van der Waals surface area (Å²) in [7, 11) is 0. The van der Waals surface area contributed by atoms with Gasteiger partial charge in [-0.25, -0.2) is 4.79 Å². The lowest BCUT2D eigenvalue weighted by atomic mass is 9.91. The van der Waals surface area contributed by atoms with Gasteiger partial charge >= 0.3 is 6.09 Å². The van der Waals surface area contributed by atoms with E-state index in [4.69, 9.17) is 9.47 Å². The number of carbonyl (C=O) groups excluding carboxylic acids is 1. The highest BCUT2D eigenvalue weighted by Crippen LogP contribution is 2.37. The van der Waals surface area contributed by atoms with Gasteiger partial charge in [-0.05, 0) is 85.8 Å². The van der Waals surface area contributed by atoms with Gasteiger partial charge in [-0.15, -0.1) is 4.91 Å². The van der Waals surface area contributed by atoms with Crippen molar-refractivity contribution in [3.63, 3.8) is 0 Å². The first-order valence-electron chi connectivity index (χ1n) is 11.2. The molecule has 0 saturated carbocycles. The number of carbonyl (C=O) groups is 1. The van der Waals surface area contributed by atoms with Crippen molar-refractivity contribution >= 4 is 17.5 Å². The molecule has 0 unspecified atom stereocenters. The van der Waals surface area contributed by atoms with Crippen LogP contribution in [0.4, 0.5) is 16.2 Å². The van der Waals surface area contributed by atoms with Gasteiger partial charge < -0.3 is 19.3 Å². The van der Waals surface area contributed by atoms with Gasteiger partial charge in [-0.3, -0.25) is 0 Å². The molecule has 0 bridgehead atoms. The molecule has 2 aromatic carbocycles. The molecule has 1 saturated heterocycles. The van der Waals surface area contributed by atoms with Crippen LogP contribution in [0.3, 0.4) is 0 Å². The minimum absolute atomic E-state index is 0.272. The second-order valence-corrected chi connectivity index (χ2v) is 9.54. The number of anilines is 1. The van der Waals surface area contributed by atoms with E-state index in [9.17, 15) is 9.70 Å². The van der Waals surface area contributed by atoms with E-state index < -0.39 is 5.60 Å². The summed E-state index contributed by atoms with van der Waals surface area (Å²) in [5.41, 5.74) is 5.57. The van der Waals surface area contributed by atoms with E-state index in [1.54, 1.807) is 17.0 Å². The first-order chi connectivity index (χ1) is 15.2. The normalized spacial score (nSPS) is 18.8. The average molecular weight is 438 g/mol. The summed E-state index contributed by atoms with van der Waals surface area (Å²) in [6, 6.07) is 11.9. The number of benzene rings is 2. The first-order valence-corrected chi connectivity index (χ1v) is 11.2. The number of rotatable bonds is 3. The quantitative estimate of drug-likeness (QED) is 0.612. The molecule has 2 aliphatic rings. The molecule has 0 N–H and O–H groups in total. The molecule has 2 aliphatic heterocycles. The fourth-order valence-corrected chi connectivity index (χ4v) is 4.38. The molecule has 1 amide bonds. The van der Waals surface area contributed by atoms with Crippen LogP contribution in [-0.4, -0.2) is 48.9 Å². The Labute approximate surface area is 189 Å². The Morgan fingerprint density at radius 2 is 1.88 bits per heavy atom. The van der Waals surface area contributed by atoms with Crippen molar-refractivity contribution in [2.75, 3.05) is 31.2 Å². The van der Waals surface area contributed by atoms with Crippen molar-refractivity contribution in [3.8, 4) is 11.1 Å². The maximum absolute atomic E-state index is 12.7. The lowest BCUT2D eigenvalue weighted by Crippen LogP contribution is -2.45. The van der Waals surface area contributed by atoms with Gasteiger partial charge in [-0.1, -0.05) is 12.1 Å². The fourth-order valence-electron chi connectivity index (χ4n) is 4.38. The van der Waals surface area contributed by atoms with Crippen LogP contribution >= 0.6 is 0 Å². The summed E-state index contributed by atoms with van der Waals surface area (Å²) in [5.74, 6) is 0. The SMILES string of the molecule is C[C@H]1COCCN1c1cc(-c2ccc(N=O)cc2)cc2c1CCN(C(=O)OC(C)(C)C)C2. The van der Waals surface area contributed by atoms with Crippen LogP contribution in [0.15, 0.2) is 41.6 Å². The van der Waals surface area contributed by atoms with Gasteiger partial charge in [-0.2, -0.15) is 0 Å². The van der Waals surface area contributed by atoms with Crippen LogP contribution < -0.4 is 4.90 Å². The Morgan fingerprint density at radius 3 is 2.53 bits per heavy atom. The Bertz CT molecular complexity index is 997. The molecule has 32 heavy (non-hydrogen) atoms. The maximum atomic E-state index is 12.7. The molecule has 0 radical (unpaired) electrons. The molecule has 0 spiro atoms. The smallest absolute Gasteiger partial charge is 0.410 e. The van der Waals surface area contributed by atoms with Crippen LogP contribution in [0.2, 0.25) is 0 Å². The number of hydrogen-bond acceptors (Lipinski definition) is 6. The highest BCUT2D eigenvalue weighted by molar-refractivity contribution is 5.75. The van der Waals surface area contributed by atoms with Gasteiger partial charge in [0.05, 0.1) is 13.2 Å². The van der Waals surface area contributed by atoms with E-state index in [1.165, 1.54) is 11.3 Å². The zero-order chi connectivity index (χ0) is 22.9. The Hall–Kier alpha value is -2.93. The van der Waals surface area contributed by atoms with Crippen LogP contribution in [-0.2, 0) is 22.4 Å². The fraction of sp³-hybridized carbons (Fsp3) is 0.480. The highest BCUT2D eigenvalue weighted by atomic mass is 16.6. The molecule has 0 aromatic heterocycles. The summed E-state index contributed by atoms with van der Waals surface area (Å²) in [4.78, 5) is 27.7. The summed E-state index contributed by atoms with van der Waals surface area (Å²) in [6.07, 6.45) is 0.499. The Morgan fingerprint density at radius 1 is 1.12 bits per heavy atom. The van der Waals surface area contributed by atoms with Crippen molar-refractivity contribution in [2.45, 2.75) is 52.3 Å². The van der Waals surface area contributed by atoms with E-state index in [1.807, 2.05) is 32.9 Å². The third-order valence-corrected chi connectivity index (χ3v) is 5.95. The zero-order valence-electron chi connectivity index (χ0n) is 19.3. The van der Waals surface area contributed by atoms with Gasteiger partial charge in [0.15, 0.2) is 0 Å². The van der Waals surface area contributed by atoms with Crippen LogP contribution in [0.1, 0.15) is 38.8 Å². The second-order valence-electron chi connectivity index (χ2n) is 9.54. The molecule has 4 rings (SSSR count). The first kappa shape index (κ1) is 22.3. The third-order valence-electron chi connectivity index (χ3n) is 5.95. The van der Waals surface area contributed by atoms with Crippen molar-refractivity contribution in [2.24, 2.45) is 5.18 Å². The third kappa shape index (κ3) is 4.78. The van der Waals surface area contributed by atoms with Crippen molar-refractivity contribution in [3.05, 3.63) is 52.4 Å². The molecular formula is C25H31N3O4. The minimum Gasteiger partial charge on any atom is -0.444 e. The van der Waals surface area contributed by atoms with Crippen LogP contribution in [0, 0.1) is 4.91 Å². The minimum atomic E-state index is -0.526. The second kappa shape index (κ2) is 8.90. The maximum Gasteiger partial charge on any atom is 0.410 e. The lowest BCUT2D eigenvalue weighted by molar-refractivity contribution is 0.0224. The Kier molecular flexibility index (Phi) is 6.20.